The molecule has 0 atom stereocenters. The molecule has 31 heavy (non-hydrogen) atoms. The SMILES string of the molecule is CS(=O)(=O)Oc1ccc(C(c2ccc(OS(C)(=O)=O)cc2)(C(F)(F)F)C(F)(F)F)cc1. The molecule has 0 saturated carbocycles. The van der Waals surface area contributed by atoms with Crippen LogP contribution in [0.4, 0.5) is 26.3 Å². The predicted octanol–water partition coefficient (Wildman–Crippen LogP) is 3.77. The van der Waals surface area contributed by atoms with Crippen LogP contribution in [0, 0.1) is 0 Å². The molecule has 0 fully saturated rings. The van der Waals surface area contributed by atoms with Gasteiger partial charge in [0.1, 0.15) is 11.5 Å². The van der Waals surface area contributed by atoms with E-state index in [1.54, 1.807) is 0 Å². The Morgan fingerprint density at radius 2 is 0.839 bits per heavy atom. The molecular formula is C17H14F6O6S2. The van der Waals surface area contributed by atoms with Crippen LogP contribution in [0.1, 0.15) is 11.1 Å². The molecule has 2 rings (SSSR count). The highest BCUT2D eigenvalue weighted by atomic mass is 32.2. The number of hydrogen-bond acceptors (Lipinski definition) is 6. The number of alkyl halides is 6. The Kier molecular flexibility index (Phi) is 6.31. The number of benzene rings is 2. The summed E-state index contributed by atoms with van der Waals surface area (Å²) in [5, 5.41) is 0. The van der Waals surface area contributed by atoms with Gasteiger partial charge in [0, 0.05) is 0 Å². The van der Waals surface area contributed by atoms with Crippen LogP contribution in [0.15, 0.2) is 48.5 Å². The third-order valence-electron chi connectivity index (χ3n) is 3.92. The summed E-state index contributed by atoms with van der Waals surface area (Å²) in [6, 6.07) is 4.41. The fourth-order valence-corrected chi connectivity index (χ4v) is 3.77. The van der Waals surface area contributed by atoms with Gasteiger partial charge >= 0.3 is 32.6 Å². The van der Waals surface area contributed by atoms with Crippen molar-refractivity contribution in [3.05, 3.63) is 59.7 Å². The zero-order valence-corrected chi connectivity index (χ0v) is 17.3. The highest BCUT2D eigenvalue weighted by Crippen LogP contribution is 2.56. The van der Waals surface area contributed by atoms with Crippen LogP contribution in [-0.2, 0) is 25.7 Å². The zero-order chi connectivity index (χ0) is 23.9. The Balaban J connectivity index is 2.71. The van der Waals surface area contributed by atoms with E-state index >= 15 is 0 Å². The van der Waals surface area contributed by atoms with Gasteiger partial charge in [-0.3, -0.25) is 0 Å². The first-order valence-corrected chi connectivity index (χ1v) is 11.6. The number of rotatable bonds is 6. The van der Waals surface area contributed by atoms with Gasteiger partial charge in [-0.25, -0.2) is 0 Å². The van der Waals surface area contributed by atoms with E-state index in [4.69, 9.17) is 0 Å². The summed E-state index contributed by atoms with van der Waals surface area (Å²) in [6.45, 7) is 0. The standard InChI is InChI=1S/C17H14F6O6S2/c1-30(24,25)28-13-7-3-11(4-8-13)15(16(18,19)20,17(21,22)23)12-5-9-14(10-6-12)29-31(2,26)27/h3-10H,1-2H3. The molecule has 0 spiro atoms. The quantitative estimate of drug-likeness (QED) is 0.451. The van der Waals surface area contributed by atoms with Gasteiger partial charge < -0.3 is 8.37 Å². The molecule has 0 aliphatic rings. The maximum atomic E-state index is 14.0. The van der Waals surface area contributed by atoms with Gasteiger partial charge in [0.15, 0.2) is 0 Å². The lowest BCUT2D eigenvalue weighted by Crippen LogP contribution is -2.54. The second kappa shape index (κ2) is 7.89. The minimum absolute atomic E-state index is 0.447. The smallest absolute Gasteiger partial charge is 0.383 e. The van der Waals surface area contributed by atoms with Crippen molar-refractivity contribution in [2.75, 3.05) is 12.5 Å². The van der Waals surface area contributed by atoms with Crippen molar-refractivity contribution in [1.82, 2.24) is 0 Å². The van der Waals surface area contributed by atoms with Crippen LogP contribution >= 0.6 is 0 Å². The molecule has 0 amide bonds. The third kappa shape index (κ3) is 5.42. The predicted molar refractivity (Wildman–Crippen MR) is 96.7 cm³/mol. The Morgan fingerprint density at radius 1 is 0.581 bits per heavy atom. The van der Waals surface area contributed by atoms with Gasteiger partial charge in [0.2, 0.25) is 5.41 Å². The number of halogens is 6. The lowest BCUT2D eigenvalue weighted by atomic mass is 9.73. The van der Waals surface area contributed by atoms with Gasteiger partial charge in [-0.05, 0) is 35.4 Å². The van der Waals surface area contributed by atoms with Gasteiger partial charge in [-0.2, -0.15) is 43.2 Å². The molecule has 0 N–H and O–H groups in total. The minimum Gasteiger partial charge on any atom is -0.383 e. The van der Waals surface area contributed by atoms with Gasteiger partial charge in [-0.15, -0.1) is 0 Å². The largest absolute Gasteiger partial charge is 0.411 e. The summed E-state index contributed by atoms with van der Waals surface area (Å²) in [4.78, 5) is 0. The molecular weight excluding hydrogens is 478 g/mol. The van der Waals surface area contributed by atoms with E-state index in [1.807, 2.05) is 0 Å². The van der Waals surface area contributed by atoms with Crippen molar-refractivity contribution in [1.29, 1.82) is 0 Å². The summed E-state index contributed by atoms with van der Waals surface area (Å²) in [5.41, 5.74) is -7.02. The van der Waals surface area contributed by atoms with E-state index in [2.05, 4.69) is 8.37 Å². The Hall–Kier alpha value is -2.48. The van der Waals surface area contributed by atoms with Crippen LogP contribution in [0.25, 0.3) is 0 Å². The Morgan fingerprint density at radius 3 is 1.03 bits per heavy atom. The molecule has 0 aliphatic heterocycles. The molecule has 172 valence electrons. The van der Waals surface area contributed by atoms with Crippen LogP contribution in [0.3, 0.4) is 0 Å². The fourth-order valence-electron chi connectivity index (χ4n) is 2.85. The van der Waals surface area contributed by atoms with Crippen molar-refractivity contribution in [2.45, 2.75) is 17.8 Å². The molecule has 0 aliphatic carbocycles. The van der Waals surface area contributed by atoms with Crippen LogP contribution in [0.5, 0.6) is 11.5 Å². The normalized spacial score (nSPS) is 13.7. The van der Waals surface area contributed by atoms with Crippen LogP contribution in [-0.4, -0.2) is 41.7 Å². The van der Waals surface area contributed by atoms with Crippen molar-refractivity contribution in [2.24, 2.45) is 0 Å². The third-order valence-corrected chi connectivity index (χ3v) is 4.91. The summed E-state index contributed by atoms with van der Waals surface area (Å²) in [7, 11) is -8.12. The molecule has 14 heteroatoms. The van der Waals surface area contributed by atoms with E-state index in [1.165, 1.54) is 0 Å². The zero-order valence-electron chi connectivity index (χ0n) is 15.7. The average Bonchev–Trinajstić information content (AvgIpc) is 2.53. The highest BCUT2D eigenvalue weighted by molar-refractivity contribution is 7.86. The van der Waals surface area contributed by atoms with Crippen LogP contribution in [0.2, 0.25) is 0 Å². The van der Waals surface area contributed by atoms with E-state index < -0.39 is 60.6 Å². The second-order valence-corrected chi connectivity index (χ2v) is 9.52. The fraction of sp³-hybridized carbons (Fsp3) is 0.294. The Labute approximate surface area is 173 Å². The monoisotopic (exact) mass is 492 g/mol. The molecule has 0 radical (unpaired) electrons. The first-order valence-electron chi connectivity index (χ1n) is 8.00. The van der Waals surface area contributed by atoms with Gasteiger partial charge in [0.25, 0.3) is 0 Å². The number of hydrogen-bond donors (Lipinski definition) is 0. The van der Waals surface area contributed by atoms with E-state index in [-0.39, 0.29) is 0 Å². The highest BCUT2D eigenvalue weighted by Gasteiger charge is 2.72. The maximum Gasteiger partial charge on any atom is 0.411 e. The molecule has 0 heterocycles. The summed E-state index contributed by atoms with van der Waals surface area (Å²) < 4.78 is 137. The minimum atomic E-state index is -5.89. The lowest BCUT2D eigenvalue weighted by molar-refractivity contribution is -0.288. The van der Waals surface area contributed by atoms with Crippen molar-refractivity contribution < 1.29 is 51.5 Å². The van der Waals surface area contributed by atoms with E-state index in [0.29, 0.717) is 61.0 Å². The topological polar surface area (TPSA) is 86.7 Å². The molecule has 0 saturated heterocycles. The second-order valence-electron chi connectivity index (χ2n) is 6.37. The van der Waals surface area contributed by atoms with Crippen molar-refractivity contribution in [3.8, 4) is 11.5 Å². The van der Waals surface area contributed by atoms with Gasteiger partial charge in [-0.1, -0.05) is 24.3 Å². The van der Waals surface area contributed by atoms with Crippen molar-refractivity contribution in [3.63, 3.8) is 0 Å². The van der Waals surface area contributed by atoms with Crippen LogP contribution < -0.4 is 8.37 Å². The average molecular weight is 492 g/mol. The van der Waals surface area contributed by atoms with Crippen molar-refractivity contribution >= 4 is 20.2 Å². The molecule has 0 bridgehead atoms. The summed E-state index contributed by atoms with van der Waals surface area (Å²) in [5.74, 6) is -0.970. The summed E-state index contributed by atoms with van der Waals surface area (Å²) in [6.07, 6.45) is -10.5. The molecule has 6 nitrogen and oxygen atoms in total. The molecule has 2 aromatic carbocycles. The summed E-state index contributed by atoms with van der Waals surface area (Å²) >= 11 is 0. The van der Waals surface area contributed by atoms with Gasteiger partial charge in [0.05, 0.1) is 12.5 Å². The lowest BCUT2D eigenvalue weighted by Gasteiger charge is -2.38. The van der Waals surface area contributed by atoms with E-state index in [0.717, 1.165) is 0 Å². The first-order chi connectivity index (χ1) is 13.9. The van der Waals surface area contributed by atoms with E-state index in [9.17, 15) is 43.2 Å². The molecule has 2 aromatic rings. The Bertz CT molecular complexity index is 1040. The molecule has 0 aromatic heterocycles. The molecule has 0 unspecified atom stereocenters. The maximum absolute atomic E-state index is 14.0. The first kappa shape index (κ1) is 24.8.